The Bertz CT molecular complexity index is 873. The summed E-state index contributed by atoms with van der Waals surface area (Å²) in [5, 5.41) is 6.12. The first-order chi connectivity index (χ1) is 10.8. The molecule has 3 aromatic carbocycles. The van der Waals surface area contributed by atoms with Gasteiger partial charge in [-0.05, 0) is 53.1 Å². The van der Waals surface area contributed by atoms with Crippen molar-refractivity contribution >= 4 is 33.9 Å². The first-order valence-electron chi connectivity index (χ1n) is 7.46. The van der Waals surface area contributed by atoms with Crippen molar-refractivity contribution in [3.8, 4) is 5.75 Å². The van der Waals surface area contributed by atoms with Gasteiger partial charge in [0.25, 0.3) is 0 Å². The molecular formula is C19H17NOS. The Balaban J connectivity index is 1.81. The number of methoxy groups -OCH3 is 1. The molecule has 0 bridgehead atoms. The van der Waals surface area contributed by atoms with Crippen molar-refractivity contribution in [1.82, 2.24) is 0 Å². The highest BCUT2D eigenvalue weighted by Crippen LogP contribution is 2.46. The quantitative estimate of drug-likeness (QED) is 0.519. The molecule has 0 aromatic heterocycles. The number of nitrogens with one attached hydrogen (secondary N) is 1. The highest BCUT2D eigenvalue weighted by Gasteiger charge is 2.17. The SMILES string of the molecule is CCc1ccc2cc3c(cc2c1)Sc1cc(OC)ccc1N3. The van der Waals surface area contributed by atoms with Gasteiger partial charge in [-0.3, -0.25) is 0 Å². The Hall–Kier alpha value is -2.13. The average molecular weight is 307 g/mol. The monoisotopic (exact) mass is 307 g/mol. The molecule has 0 fully saturated rings. The first kappa shape index (κ1) is 13.5. The zero-order chi connectivity index (χ0) is 15.1. The van der Waals surface area contributed by atoms with Gasteiger partial charge in [0.05, 0.1) is 18.5 Å². The molecule has 0 saturated heterocycles. The molecule has 1 aliphatic rings. The van der Waals surface area contributed by atoms with Crippen LogP contribution in [0.5, 0.6) is 5.75 Å². The molecule has 110 valence electrons. The van der Waals surface area contributed by atoms with Crippen molar-refractivity contribution in [3.05, 3.63) is 54.1 Å². The third-order valence-corrected chi connectivity index (χ3v) is 5.20. The number of aryl methyl sites for hydroxylation is 1. The van der Waals surface area contributed by atoms with Gasteiger partial charge >= 0.3 is 0 Å². The molecule has 0 aliphatic carbocycles. The molecule has 3 heteroatoms. The van der Waals surface area contributed by atoms with Gasteiger partial charge in [-0.2, -0.15) is 0 Å². The van der Waals surface area contributed by atoms with Crippen molar-refractivity contribution in [2.75, 3.05) is 12.4 Å². The fourth-order valence-electron chi connectivity index (χ4n) is 2.81. The molecule has 0 unspecified atom stereocenters. The second kappa shape index (κ2) is 5.25. The van der Waals surface area contributed by atoms with E-state index >= 15 is 0 Å². The Morgan fingerprint density at radius 1 is 0.909 bits per heavy atom. The van der Waals surface area contributed by atoms with Crippen LogP contribution in [-0.4, -0.2) is 7.11 Å². The molecule has 1 N–H and O–H groups in total. The molecule has 4 rings (SSSR count). The zero-order valence-corrected chi connectivity index (χ0v) is 13.5. The van der Waals surface area contributed by atoms with E-state index in [1.807, 2.05) is 6.07 Å². The Morgan fingerprint density at radius 3 is 2.59 bits per heavy atom. The van der Waals surface area contributed by atoms with Crippen LogP contribution in [0.4, 0.5) is 11.4 Å². The minimum Gasteiger partial charge on any atom is -0.497 e. The Labute approximate surface area is 134 Å². The second-order valence-electron chi connectivity index (χ2n) is 5.47. The molecule has 0 saturated carbocycles. The number of fused-ring (bicyclic) bond motifs is 3. The van der Waals surface area contributed by atoms with Gasteiger partial charge in [0.1, 0.15) is 5.75 Å². The average Bonchev–Trinajstić information content (AvgIpc) is 2.57. The van der Waals surface area contributed by atoms with Gasteiger partial charge in [0.2, 0.25) is 0 Å². The number of benzene rings is 3. The molecular weight excluding hydrogens is 290 g/mol. The van der Waals surface area contributed by atoms with Gasteiger partial charge in [0.15, 0.2) is 0 Å². The predicted molar refractivity (Wildman–Crippen MR) is 93.7 cm³/mol. The third kappa shape index (κ3) is 2.22. The maximum absolute atomic E-state index is 5.33. The molecule has 22 heavy (non-hydrogen) atoms. The second-order valence-corrected chi connectivity index (χ2v) is 6.56. The summed E-state index contributed by atoms with van der Waals surface area (Å²) in [5.74, 6) is 0.894. The summed E-state index contributed by atoms with van der Waals surface area (Å²) in [4.78, 5) is 2.47. The van der Waals surface area contributed by atoms with E-state index in [1.54, 1.807) is 18.9 Å². The summed E-state index contributed by atoms with van der Waals surface area (Å²) in [6, 6.07) is 17.4. The summed E-state index contributed by atoms with van der Waals surface area (Å²) in [5.41, 5.74) is 3.70. The molecule has 3 aromatic rings. The number of hydrogen-bond acceptors (Lipinski definition) is 3. The van der Waals surface area contributed by atoms with Crippen molar-refractivity contribution in [1.29, 1.82) is 0 Å². The lowest BCUT2D eigenvalue weighted by molar-refractivity contribution is 0.414. The van der Waals surface area contributed by atoms with Crippen LogP contribution in [0.25, 0.3) is 10.8 Å². The maximum Gasteiger partial charge on any atom is 0.120 e. The molecule has 2 nitrogen and oxygen atoms in total. The van der Waals surface area contributed by atoms with Crippen molar-refractivity contribution < 1.29 is 4.74 Å². The van der Waals surface area contributed by atoms with Crippen LogP contribution in [0.2, 0.25) is 0 Å². The smallest absolute Gasteiger partial charge is 0.120 e. The van der Waals surface area contributed by atoms with E-state index < -0.39 is 0 Å². The van der Waals surface area contributed by atoms with Crippen molar-refractivity contribution in [2.24, 2.45) is 0 Å². The van der Waals surface area contributed by atoms with Gasteiger partial charge < -0.3 is 10.1 Å². The van der Waals surface area contributed by atoms with Gasteiger partial charge in [-0.15, -0.1) is 0 Å². The normalized spacial score (nSPS) is 12.5. The number of hydrogen-bond donors (Lipinski definition) is 1. The van der Waals surface area contributed by atoms with Crippen LogP contribution in [0.1, 0.15) is 12.5 Å². The van der Waals surface area contributed by atoms with E-state index in [0.29, 0.717) is 0 Å². The predicted octanol–water partition coefficient (Wildman–Crippen LogP) is 5.62. The molecule has 0 radical (unpaired) electrons. The molecule has 0 atom stereocenters. The van der Waals surface area contributed by atoms with Crippen LogP contribution in [-0.2, 0) is 6.42 Å². The highest BCUT2D eigenvalue weighted by atomic mass is 32.2. The number of rotatable bonds is 2. The van der Waals surface area contributed by atoms with Crippen LogP contribution in [0.15, 0.2) is 58.3 Å². The fourth-order valence-corrected chi connectivity index (χ4v) is 3.86. The lowest BCUT2D eigenvalue weighted by Crippen LogP contribution is -2.00. The Kier molecular flexibility index (Phi) is 3.23. The summed E-state index contributed by atoms with van der Waals surface area (Å²) in [6.07, 6.45) is 1.07. The summed E-state index contributed by atoms with van der Waals surface area (Å²) in [6.45, 7) is 2.19. The molecule has 0 spiro atoms. The van der Waals surface area contributed by atoms with E-state index in [1.165, 1.54) is 31.8 Å². The minimum absolute atomic E-state index is 0.894. The first-order valence-corrected chi connectivity index (χ1v) is 8.28. The highest BCUT2D eigenvalue weighted by molar-refractivity contribution is 7.99. The fraction of sp³-hybridized carbons (Fsp3) is 0.158. The van der Waals surface area contributed by atoms with E-state index in [4.69, 9.17) is 4.74 Å². The van der Waals surface area contributed by atoms with Gasteiger partial charge in [-0.1, -0.05) is 36.9 Å². The van der Waals surface area contributed by atoms with E-state index in [-0.39, 0.29) is 0 Å². The molecule has 1 heterocycles. The lowest BCUT2D eigenvalue weighted by atomic mass is 10.0. The number of ether oxygens (including phenoxy) is 1. The summed E-state index contributed by atoms with van der Waals surface area (Å²) < 4.78 is 5.33. The number of anilines is 2. The van der Waals surface area contributed by atoms with E-state index in [2.05, 4.69) is 54.7 Å². The lowest BCUT2D eigenvalue weighted by Gasteiger charge is -2.22. The molecule has 1 aliphatic heterocycles. The van der Waals surface area contributed by atoms with Crippen LogP contribution < -0.4 is 10.1 Å². The third-order valence-electron chi connectivity index (χ3n) is 4.09. The van der Waals surface area contributed by atoms with Gasteiger partial charge in [-0.25, -0.2) is 0 Å². The van der Waals surface area contributed by atoms with E-state index in [9.17, 15) is 0 Å². The summed E-state index contributed by atoms with van der Waals surface area (Å²) >= 11 is 1.80. The molecule has 0 amide bonds. The van der Waals surface area contributed by atoms with E-state index in [0.717, 1.165) is 17.9 Å². The maximum atomic E-state index is 5.33. The standard InChI is InChI=1S/C19H17NOS/c1-3-12-4-5-13-9-17-18(10-14(13)8-12)22-19-11-15(21-2)6-7-16(19)20-17/h4-11,20H,3H2,1-2H3. The van der Waals surface area contributed by atoms with Crippen molar-refractivity contribution in [2.45, 2.75) is 23.1 Å². The van der Waals surface area contributed by atoms with Gasteiger partial charge in [0, 0.05) is 9.79 Å². The zero-order valence-electron chi connectivity index (χ0n) is 12.6. The summed E-state index contributed by atoms with van der Waals surface area (Å²) in [7, 11) is 1.70. The largest absolute Gasteiger partial charge is 0.497 e. The van der Waals surface area contributed by atoms with Crippen LogP contribution >= 0.6 is 11.8 Å². The van der Waals surface area contributed by atoms with Crippen molar-refractivity contribution in [3.63, 3.8) is 0 Å². The van der Waals surface area contributed by atoms with Crippen LogP contribution in [0, 0.1) is 0 Å². The topological polar surface area (TPSA) is 21.3 Å². The Morgan fingerprint density at radius 2 is 1.77 bits per heavy atom. The van der Waals surface area contributed by atoms with Crippen LogP contribution in [0.3, 0.4) is 0 Å². The minimum atomic E-state index is 0.894.